The average molecular weight is 213 g/mol. The fourth-order valence-electron chi connectivity index (χ4n) is 1.01. The molecule has 1 aromatic rings. The summed E-state index contributed by atoms with van der Waals surface area (Å²) in [4.78, 5) is 17.4. The third-order valence-corrected chi connectivity index (χ3v) is 2.26. The second-order valence-electron chi connectivity index (χ2n) is 2.97. The molecule has 0 N–H and O–H groups in total. The fourth-order valence-corrected chi connectivity index (χ4v) is 1.16. The Bertz CT molecular complexity index is 328. The molecule has 0 bridgehead atoms. The standard InChI is InChI=1S/C10H13ClN2O/c1-3-13(2)10(14)9-6-4-5-8(7-11)12-9/h4-6H,3,7H2,1-2H3. The summed E-state index contributed by atoms with van der Waals surface area (Å²) in [5, 5.41) is 0. The zero-order valence-electron chi connectivity index (χ0n) is 8.33. The second-order valence-corrected chi connectivity index (χ2v) is 3.23. The van der Waals surface area contributed by atoms with E-state index in [9.17, 15) is 4.79 Å². The Hall–Kier alpha value is -1.09. The summed E-state index contributed by atoms with van der Waals surface area (Å²) >= 11 is 5.63. The highest BCUT2D eigenvalue weighted by atomic mass is 35.5. The van der Waals surface area contributed by atoms with Crippen LogP contribution < -0.4 is 0 Å². The highest BCUT2D eigenvalue weighted by Crippen LogP contribution is 2.04. The van der Waals surface area contributed by atoms with Crippen molar-refractivity contribution in [1.29, 1.82) is 0 Å². The van der Waals surface area contributed by atoms with Crippen LogP contribution in [0.3, 0.4) is 0 Å². The number of alkyl halides is 1. The fraction of sp³-hybridized carbons (Fsp3) is 0.400. The molecule has 0 saturated heterocycles. The molecular weight excluding hydrogens is 200 g/mol. The van der Waals surface area contributed by atoms with Gasteiger partial charge in [0.05, 0.1) is 11.6 Å². The Labute approximate surface area is 88.7 Å². The molecule has 0 aliphatic heterocycles. The highest BCUT2D eigenvalue weighted by molar-refractivity contribution is 6.16. The molecule has 1 heterocycles. The lowest BCUT2D eigenvalue weighted by molar-refractivity contribution is 0.0796. The molecule has 14 heavy (non-hydrogen) atoms. The van der Waals surface area contributed by atoms with Crippen LogP contribution in [0.15, 0.2) is 18.2 Å². The third-order valence-electron chi connectivity index (χ3n) is 1.98. The topological polar surface area (TPSA) is 33.2 Å². The monoisotopic (exact) mass is 212 g/mol. The molecule has 0 aliphatic carbocycles. The minimum atomic E-state index is -0.0699. The zero-order valence-corrected chi connectivity index (χ0v) is 9.08. The molecule has 0 aliphatic rings. The molecule has 0 saturated carbocycles. The van der Waals surface area contributed by atoms with E-state index in [2.05, 4.69) is 4.98 Å². The van der Waals surface area contributed by atoms with Crippen LogP contribution in [-0.4, -0.2) is 29.4 Å². The first-order chi connectivity index (χ1) is 6.69. The molecule has 0 radical (unpaired) electrons. The van der Waals surface area contributed by atoms with Gasteiger partial charge in [0, 0.05) is 13.6 Å². The smallest absolute Gasteiger partial charge is 0.272 e. The molecule has 0 fully saturated rings. The molecule has 4 heteroatoms. The van der Waals surface area contributed by atoms with Gasteiger partial charge in [0.25, 0.3) is 5.91 Å². The number of carbonyl (C=O) groups is 1. The summed E-state index contributed by atoms with van der Waals surface area (Å²) in [5.41, 5.74) is 1.18. The van der Waals surface area contributed by atoms with Gasteiger partial charge in [0.15, 0.2) is 0 Å². The van der Waals surface area contributed by atoms with Crippen molar-refractivity contribution in [1.82, 2.24) is 9.88 Å². The Balaban J connectivity index is 2.90. The zero-order chi connectivity index (χ0) is 10.6. The highest BCUT2D eigenvalue weighted by Gasteiger charge is 2.11. The van der Waals surface area contributed by atoms with Crippen molar-refractivity contribution in [3.63, 3.8) is 0 Å². The SMILES string of the molecule is CCN(C)C(=O)c1cccc(CCl)n1. The van der Waals surface area contributed by atoms with Crippen LogP contribution in [0.5, 0.6) is 0 Å². The van der Waals surface area contributed by atoms with Crippen LogP contribution in [0.2, 0.25) is 0 Å². The van der Waals surface area contributed by atoms with E-state index in [1.807, 2.05) is 6.92 Å². The molecule has 76 valence electrons. The lowest BCUT2D eigenvalue weighted by Crippen LogP contribution is -2.27. The van der Waals surface area contributed by atoms with Crippen LogP contribution in [0.1, 0.15) is 23.1 Å². The van der Waals surface area contributed by atoms with Crippen LogP contribution in [0, 0.1) is 0 Å². The number of carbonyl (C=O) groups excluding carboxylic acids is 1. The molecule has 0 atom stereocenters. The van der Waals surface area contributed by atoms with Gasteiger partial charge >= 0.3 is 0 Å². The number of halogens is 1. The van der Waals surface area contributed by atoms with E-state index < -0.39 is 0 Å². The van der Waals surface area contributed by atoms with Crippen LogP contribution in [0.4, 0.5) is 0 Å². The van der Waals surface area contributed by atoms with Crippen molar-refractivity contribution >= 4 is 17.5 Å². The number of nitrogens with zero attached hydrogens (tertiary/aromatic N) is 2. The molecular formula is C10H13ClN2O. The third kappa shape index (κ3) is 2.45. The predicted molar refractivity (Wildman–Crippen MR) is 56.4 cm³/mol. The number of pyridine rings is 1. The number of amides is 1. The van der Waals surface area contributed by atoms with Gasteiger partial charge < -0.3 is 4.90 Å². The van der Waals surface area contributed by atoms with Crippen molar-refractivity contribution in [3.8, 4) is 0 Å². The summed E-state index contributed by atoms with van der Waals surface area (Å²) in [6.45, 7) is 2.59. The van der Waals surface area contributed by atoms with E-state index in [4.69, 9.17) is 11.6 Å². The Kier molecular flexibility index (Phi) is 3.89. The van der Waals surface area contributed by atoms with Crippen molar-refractivity contribution in [2.75, 3.05) is 13.6 Å². The summed E-state index contributed by atoms with van der Waals surface area (Å²) in [6.07, 6.45) is 0. The van der Waals surface area contributed by atoms with E-state index in [0.717, 1.165) is 5.69 Å². The van der Waals surface area contributed by atoms with E-state index in [-0.39, 0.29) is 5.91 Å². The first kappa shape index (κ1) is 11.0. The molecule has 0 aromatic carbocycles. The first-order valence-corrected chi connectivity index (χ1v) is 4.99. The van der Waals surface area contributed by atoms with Crippen molar-refractivity contribution in [2.45, 2.75) is 12.8 Å². The largest absolute Gasteiger partial charge is 0.341 e. The summed E-state index contributed by atoms with van der Waals surface area (Å²) in [5.74, 6) is 0.260. The molecule has 1 rings (SSSR count). The van der Waals surface area contributed by atoms with Gasteiger partial charge in [0.2, 0.25) is 0 Å². The minimum absolute atomic E-state index is 0.0699. The van der Waals surface area contributed by atoms with Crippen LogP contribution >= 0.6 is 11.6 Å². The van der Waals surface area contributed by atoms with Crippen molar-refractivity contribution in [3.05, 3.63) is 29.6 Å². The predicted octanol–water partition coefficient (Wildman–Crippen LogP) is 1.91. The maximum Gasteiger partial charge on any atom is 0.272 e. The number of rotatable bonds is 3. The van der Waals surface area contributed by atoms with Gasteiger partial charge in [-0.2, -0.15) is 0 Å². The number of hydrogen-bond acceptors (Lipinski definition) is 2. The van der Waals surface area contributed by atoms with E-state index >= 15 is 0 Å². The van der Waals surface area contributed by atoms with Gasteiger partial charge in [-0.25, -0.2) is 4.98 Å². The average Bonchev–Trinajstić information content (AvgIpc) is 2.27. The number of aromatic nitrogens is 1. The van der Waals surface area contributed by atoms with Crippen LogP contribution in [0.25, 0.3) is 0 Å². The van der Waals surface area contributed by atoms with Gasteiger partial charge in [-0.3, -0.25) is 4.79 Å². The van der Waals surface area contributed by atoms with Gasteiger partial charge in [0.1, 0.15) is 5.69 Å². The van der Waals surface area contributed by atoms with E-state index in [1.54, 1.807) is 30.1 Å². The normalized spacial score (nSPS) is 9.93. The quantitative estimate of drug-likeness (QED) is 0.718. The van der Waals surface area contributed by atoms with Gasteiger partial charge in [-0.1, -0.05) is 6.07 Å². The molecule has 3 nitrogen and oxygen atoms in total. The summed E-state index contributed by atoms with van der Waals surface area (Å²) in [6, 6.07) is 5.29. The van der Waals surface area contributed by atoms with Crippen molar-refractivity contribution < 1.29 is 4.79 Å². The molecule has 0 spiro atoms. The van der Waals surface area contributed by atoms with E-state index in [0.29, 0.717) is 18.1 Å². The van der Waals surface area contributed by atoms with E-state index in [1.165, 1.54) is 0 Å². The lowest BCUT2D eigenvalue weighted by atomic mass is 10.3. The Morgan fingerprint density at radius 3 is 2.86 bits per heavy atom. The molecule has 1 aromatic heterocycles. The maximum absolute atomic E-state index is 11.7. The molecule has 1 amide bonds. The van der Waals surface area contributed by atoms with Gasteiger partial charge in [-0.15, -0.1) is 11.6 Å². The van der Waals surface area contributed by atoms with Crippen molar-refractivity contribution in [2.24, 2.45) is 0 Å². The van der Waals surface area contributed by atoms with Crippen LogP contribution in [-0.2, 0) is 5.88 Å². The van der Waals surface area contributed by atoms with Gasteiger partial charge in [-0.05, 0) is 19.1 Å². The first-order valence-electron chi connectivity index (χ1n) is 4.46. The summed E-state index contributed by atoms with van der Waals surface area (Å²) in [7, 11) is 1.75. The second kappa shape index (κ2) is 4.96. The minimum Gasteiger partial charge on any atom is -0.341 e. The maximum atomic E-state index is 11.7. The Morgan fingerprint density at radius 1 is 1.57 bits per heavy atom. The molecule has 0 unspecified atom stereocenters. The summed E-state index contributed by atoms with van der Waals surface area (Å²) < 4.78 is 0. The lowest BCUT2D eigenvalue weighted by Gasteiger charge is -2.13. The Morgan fingerprint density at radius 2 is 2.29 bits per heavy atom. The number of hydrogen-bond donors (Lipinski definition) is 0.